The molecule has 1 aromatic heterocycles. The molecule has 0 fully saturated rings. The van der Waals surface area contributed by atoms with Crippen LogP contribution < -0.4 is 10.1 Å². The second-order valence-corrected chi connectivity index (χ2v) is 4.45. The molecule has 20 heavy (non-hydrogen) atoms. The molecule has 0 bridgehead atoms. The van der Waals surface area contributed by atoms with Crippen LogP contribution in [-0.2, 0) is 6.54 Å². The first-order valence-electron chi connectivity index (χ1n) is 6.28. The molecule has 0 amide bonds. The van der Waals surface area contributed by atoms with E-state index in [2.05, 4.69) is 10.3 Å². The van der Waals surface area contributed by atoms with E-state index in [9.17, 15) is 8.78 Å². The predicted molar refractivity (Wildman–Crippen MR) is 72.4 cm³/mol. The van der Waals surface area contributed by atoms with Crippen molar-refractivity contribution >= 4 is 0 Å². The summed E-state index contributed by atoms with van der Waals surface area (Å²) in [7, 11) is 1.55. The normalized spacial score (nSPS) is 12.2. The van der Waals surface area contributed by atoms with E-state index in [1.807, 2.05) is 6.07 Å². The number of hydrogen-bond donors (Lipinski definition) is 1. The van der Waals surface area contributed by atoms with Crippen LogP contribution in [0.1, 0.15) is 24.1 Å². The Hall–Kier alpha value is -2.01. The fourth-order valence-electron chi connectivity index (χ4n) is 1.87. The number of ether oxygens (including phenoxy) is 1. The summed E-state index contributed by atoms with van der Waals surface area (Å²) in [5, 5.41) is 3.13. The molecule has 0 aliphatic carbocycles. The molecule has 5 heteroatoms. The Bertz CT molecular complexity index is 573. The summed E-state index contributed by atoms with van der Waals surface area (Å²) in [6.07, 6.45) is 1.68. The molecule has 2 rings (SSSR count). The van der Waals surface area contributed by atoms with E-state index >= 15 is 0 Å². The molecule has 0 saturated carbocycles. The number of aromatic nitrogens is 1. The van der Waals surface area contributed by atoms with Gasteiger partial charge in [-0.2, -0.15) is 0 Å². The maximum Gasteiger partial charge on any atom is 0.212 e. The van der Waals surface area contributed by atoms with Gasteiger partial charge < -0.3 is 10.1 Å². The van der Waals surface area contributed by atoms with E-state index < -0.39 is 11.6 Å². The lowest BCUT2D eigenvalue weighted by molar-refractivity contribution is 0.397. The zero-order chi connectivity index (χ0) is 14.5. The van der Waals surface area contributed by atoms with Crippen LogP contribution in [0.5, 0.6) is 5.88 Å². The van der Waals surface area contributed by atoms with Crippen LogP contribution in [0.3, 0.4) is 0 Å². The lowest BCUT2D eigenvalue weighted by Gasteiger charge is -2.15. The van der Waals surface area contributed by atoms with Gasteiger partial charge in [-0.15, -0.1) is 0 Å². The fraction of sp³-hybridized carbons (Fsp3) is 0.267. The van der Waals surface area contributed by atoms with E-state index in [1.165, 1.54) is 6.07 Å². The van der Waals surface area contributed by atoms with Gasteiger partial charge in [-0.25, -0.2) is 13.8 Å². The molecular formula is C15H16F2N2O. The smallest absolute Gasteiger partial charge is 0.212 e. The maximum absolute atomic E-state index is 13.6. The van der Waals surface area contributed by atoms with Crippen LogP contribution in [0.4, 0.5) is 8.78 Å². The zero-order valence-electron chi connectivity index (χ0n) is 11.4. The van der Waals surface area contributed by atoms with Gasteiger partial charge in [0.2, 0.25) is 5.88 Å². The first kappa shape index (κ1) is 14.4. The first-order chi connectivity index (χ1) is 9.61. The van der Waals surface area contributed by atoms with Crippen LogP contribution >= 0.6 is 0 Å². The number of nitrogens with one attached hydrogen (secondary N) is 1. The summed E-state index contributed by atoms with van der Waals surface area (Å²) < 4.78 is 31.8. The van der Waals surface area contributed by atoms with Crippen molar-refractivity contribution in [2.24, 2.45) is 0 Å². The highest BCUT2D eigenvalue weighted by Crippen LogP contribution is 2.19. The summed E-state index contributed by atoms with van der Waals surface area (Å²) in [5.41, 5.74) is 1.25. The lowest BCUT2D eigenvalue weighted by atomic mass is 10.1. The molecule has 1 atom stereocenters. The van der Waals surface area contributed by atoms with Crippen LogP contribution in [0.15, 0.2) is 36.5 Å². The molecule has 0 radical (unpaired) electrons. The monoisotopic (exact) mass is 278 g/mol. The maximum atomic E-state index is 13.6. The highest BCUT2D eigenvalue weighted by molar-refractivity contribution is 5.23. The van der Waals surface area contributed by atoms with Gasteiger partial charge in [-0.3, -0.25) is 0 Å². The number of halogens is 2. The SMILES string of the molecule is COc1ccc(CNC(C)c2cccc(F)c2F)cn1. The number of rotatable bonds is 5. The van der Waals surface area contributed by atoms with E-state index in [4.69, 9.17) is 4.74 Å². The molecule has 1 heterocycles. The molecular weight excluding hydrogens is 262 g/mol. The molecule has 0 saturated heterocycles. The Morgan fingerprint density at radius 3 is 2.70 bits per heavy atom. The highest BCUT2D eigenvalue weighted by Gasteiger charge is 2.13. The summed E-state index contributed by atoms with van der Waals surface area (Å²) in [6, 6.07) is 7.51. The number of benzene rings is 1. The number of nitrogens with zero attached hydrogens (tertiary/aromatic N) is 1. The molecule has 106 valence electrons. The van der Waals surface area contributed by atoms with Crippen molar-refractivity contribution in [1.82, 2.24) is 10.3 Å². The minimum Gasteiger partial charge on any atom is -0.481 e. The van der Waals surface area contributed by atoms with Crippen molar-refractivity contribution in [3.8, 4) is 5.88 Å². The molecule has 1 unspecified atom stereocenters. The third kappa shape index (κ3) is 3.30. The summed E-state index contributed by atoms with van der Waals surface area (Å²) in [6.45, 7) is 2.29. The Kier molecular flexibility index (Phi) is 4.63. The third-order valence-corrected chi connectivity index (χ3v) is 3.07. The Morgan fingerprint density at radius 2 is 2.05 bits per heavy atom. The van der Waals surface area contributed by atoms with Crippen molar-refractivity contribution in [1.29, 1.82) is 0 Å². The zero-order valence-corrected chi connectivity index (χ0v) is 11.4. The van der Waals surface area contributed by atoms with Gasteiger partial charge in [-0.05, 0) is 18.6 Å². The first-order valence-corrected chi connectivity index (χ1v) is 6.28. The van der Waals surface area contributed by atoms with E-state index in [-0.39, 0.29) is 6.04 Å². The second kappa shape index (κ2) is 6.43. The molecule has 0 aliphatic heterocycles. The average Bonchev–Trinajstić information content (AvgIpc) is 2.48. The Balaban J connectivity index is 2.00. The average molecular weight is 278 g/mol. The second-order valence-electron chi connectivity index (χ2n) is 4.45. The lowest BCUT2D eigenvalue weighted by Crippen LogP contribution is -2.19. The van der Waals surface area contributed by atoms with Gasteiger partial charge in [0.1, 0.15) is 0 Å². The largest absolute Gasteiger partial charge is 0.481 e. The molecule has 0 aliphatic rings. The predicted octanol–water partition coefficient (Wildman–Crippen LogP) is 3.22. The van der Waals surface area contributed by atoms with Gasteiger partial charge in [0.15, 0.2) is 11.6 Å². The summed E-state index contributed by atoms with van der Waals surface area (Å²) >= 11 is 0. The topological polar surface area (TPSA) is 34.1 Å². The van der Waals surface area contributed by atoms with Gasteiger partial charge in [-0.1, -0.05) is 18.2 Å². The van der Waals surface area contributed by atoms with E-state index in [0.717, 1.165) is 11.6 Å². The number of hydrogen-bond acceptors (Lipinski definition) is 3. The minimum atomic E-state index is -0.831. The van der Waals surface area contributed by atoms with Crippen molar-refractivity contribution < 1.29 is 13.5 Å². The van der Waals surface area contributed by atoms with Gasteiger partial charge >= 0.3 is 0 Å². The van der Waals surface area contributed by atoms with Crippen LogP contribution in [-0.4, -0.2) is 12.1 Å². The summed E-state index contributed by atoms with van der Waals surface area (Å²) in [5.74, 6) is -1.10. The molecule has 3 nitrogen and oxygen atoms in total. The van der Waals surface area contributed by atoms with E-state index in [0.29, 0.717) is 18.0 Å². The Labute approximate surface area is 116 Å². The molecule has 0 spiro atoms. The van der Waals surface area contributed by atoms with Gasteiger partial charge in [0, 0.05) is 30.4 Å². The van der Waals surface area contributed by atoms with Crippen molar-refractivity contribution in [2.45, 2.75) is 19.5 Å². The number of methoxy groups -OCH3 is 1. The Morgan fingerprint density at radius 1 is 1.25 bits per heavy atom. The van der Waals surface area contributed by atoms with Crippen molar-refractivity contribution in [2.75, 3.05) is 7.11 Å². The highest BCUT2D eigenvalue weighted by atomic mass is 19.2. The van der Waals surface area contributed by atoms with Crippen LogP contribution in [0.25, 0.3) is 0 Å². The molecule has 1 aromatic carbocycles. The quantitative estimate of drug-likeness (QED) is 0.912. The standard InChI is InChI=1S/C15H16F2N2O/c1-10(12-4-3-5-13(16)15(12)17)18-8-11-6-7-14(20-2)19-9-11/h3-7,9-10,18H,8H2,1-2H3. The van der Waals surface area contributed by atoms with Gasteiger partial charge in [0.25, 0.3) is 0 Å². The van der Waals surface area contributed by atoms with Crippen LogP contribution in [0, 0.1) is 11.6 Å². The molecule has 2 aromatic rings. The molecule has 1 N–H and O–H groups in total. The minimum absolute atomic E-state index is 0.298. The van der Waals surface area contributed by atoms with Crippen molar-refractivity contribution in [3.05, 3.63) is 59.3 Å². The van der Waals surface area contributed by atoms with Gasteiger partial charge in [0.05, 0.1) is 7.11 Å². The fourth-order valence-corrected chi connectivity index (χ4v) is 1.87. The number of pyridine rings is 1. The van der Waals surface area contributed by atoms with Crippen molar-refractivity contribution in [3.63, 3.8) is 0 Å². The third-order valence-electron chi connectivity index (χ3n) is 3.07. The van der Waals surface area contributed by atoms with Crippen LogP contribution in [0.2, 0.25) is 0 Å². The summed E-state index contributed by atoms with van der Waals surface area (Å²) in [4.78, 5) is 4.08. The van der Waals surface area contributed by atoms with E-state index in [1.54, 1.807) is 32.4 Å².